The van der Waals surface area contributed by atoms with Gasteiger partial charge < -0.3 is 14.6 Å². The minimum atomic E-state index is -0.0928. The lowest BCUT2D eigenvalue weighted by molar-refractivity contribution is 0.104. The van der Waals surface area contributed by atoms with Crippen LogP contribution in [0.2, 0.25) is 0 Å². The molecule has 0 aliphatic carbocycles. The zero-order valence-electron chi connectivity index (χ0n) is 14.0. The molecule has 3 aromatic rings. The number of ketones is 1. The van der Waals surface area contributed by atoms with Crippen LogP contribution >= 0.6 is 0 Å². The van der Waals surface area contributed by atoms with Gasteiger partial charge >= 0.3 is 0 Å². The SMILES string of the molecule is COc1ccc2cc(C(=O)/C=C/c3ccc(O)c(OC)c3)ccc2c1. The lowest BCUT2D eigenvalue weighted by atomic mass is 10.0. The number of hydrogen-bond donors (Lipinski definition) is 1. The summed E-state index contributed by atoms with van der Waals surface area (Å²) >= 11 is 0. The van der Waals surface area contributed by atoms with Crippen molar-refractivity contribution in [1.29, 1.82) is 0 Å². The van der Waals surface area contributed by atoms with Gasteiger partial charge in [-0.2, -0.15) is 0 Å². The lowest BCUT2D eigenvalue weighted by Gasteiger charge is -2.05. The monoisotopic (exact) mass is 334 g/mol. The molecule has 4 heteroatoms. The van der Waals surface area contributed by atoms with Gasteiger partial charge in [-0.15, -0.1) is 0 Å². The predicted octanol–water partition coefficient (Wildman–Crippen LogP) is 4.46. The van der Waals surface area contributed by atoms with Gasteiger partial charge in [-0.25, -0.2) is 0 Å². The zero-order valence-corrected chi connectivity index (χ0v) is 14.0. The number of rotatable bonds is 5. The van der Waals surface area contributed by atoms with E-state index >= 15 is 0 Å². The smallest absolute Gasteiger partial charge is 0.185 e. The minimum Gasteiger partial charge on any atom is -0.504 e. The van der Waals surface area contributed by atoms with Crippen LogP contribution < -0.4 is 9.47 Å². The van der Waals surface area contributed by atoms with Crippen molar-refractivity contribution in [3.63, 3.8) is 0 Å². The second kappa shape index (κ2) is 7.09. The number of aromatic hydroxyl groups is 1. The van der Waals surface area contributed by atoms with E-state index in [2.05, 4.69) is 0 Å². The number of methoxy groups -OCH3 is 2. The number of carbonyl (C=O) groups is 1. The fourth-order valence-corrected chi connectivity index (χ4v) is 2.57. The minimum absolute atomic E-state index is 0.0657. The first-order valence-corrected chi connectivity index (χ1v) is 7.78. The van der Waals surface area contributed by atoms with E-state index in [1.54, 1.807) is 31.4 Å². The summed E-state index contributed by atoms with van der Waals surface area (Å²) in [6, 6.07) is 16.2. The van der Waals surface area contributed by atoms with Crippen LogP contribution in [0.1, 0.15) is 15.9 Å². The molecule has 0 aromatic heterocycles. The molecule has 25 heavy (non-hydrogen) atoms. The third-order valence-corrected chi connectivity index (χ3v) is 3.96. The molecule has 0 atom stereocenters. The Morgan fingerprint density at radius 2 is 1.68 bits per heavy atom. The molecular formula is C21H18O4. The summed E-state index contributed by atoms with van der Waals surface area (Å²) in [6.07, 6.45) is 3.21. The predicted molar refractivity (Wildman–Crippen MR) is 98.5 cm³/mol. The number of carbonyl (C=O) groups excluding carboxylic acids is 1. The number of benzene rings is 3. The van der Waals surface area contributed by atoms with Crippen molar-refractivity contribution in [2.45, 2.75) is 0 Å². The van der Waals surface area contributed by atoms with Crippen molar-refractivity contribution in [2.75, 3.05) is 14.2 Å². The summed E-state index contributed by atoms with van der Waals surface area (Å²) in [5.41, 5.74) is 1.38. The summed E-state index contributed by atoms with van der Waals surface area (Å²) in [6.45, 7) is 0. The van der Waals surface area contributed by atoms with E-state index in [0.717, 1.165) is 22.1 Å². The van der Waals surface area contributed by atoms with Crippen molar-refractivity contribution in [2.24, 2.45) is 0 Å². The van der Waals surface area contributed by atoms with Gasteiger partial charge in [0.15, 0.2) is 17.3 Å². The van der Waals surface area contributed by atoms with Crippen molar-refractivity contribution < 1.29 is 19.4 Å². The summed E-state index contributed by atoms with van der Waals surface area (Å²) in [5, 5.41) is 11.6. The highest BCUT2D eigenvalue weighted by atomic mass is 16.5. The standard InChI is InChI=1S/C21H18O4/c1-24-18-8-7-15-12-17(6-5-16(15)13-18)19(22)9-3-14-4-10-20(23)21(11-14)25-2/h3-13,23H,1-2H3/b9-3+. The van der Waals surface area contributed by atoms with Gasteiger partial charge in [-0.3, -0.25) is 4.79 Å². The summed E-state index contributed by atoms with van der Waals surface area (Å²) in [4.78, 5) is 12.4. The quantitative estimate of drug-likeness (QED) is 0.553. The zero-order chi connectivity index (χ0) is 17.8. The van der Waals surface area contributed by atoms with Crippen LogP contribution in [0.25, 0.3) is 16.8 Å². The van der Waals surface area contributed by atoms with Crippen molar-refractivity contribution in [3.8, 4) is 17.2 Å². The van der Waals surface area contributed by atoms with Gasteiger partial charge in [0, 0.05) is 5.56 Å². The van der Waals surface area contributed by atoms with Crippen LogP contribution in [0.3, 0.4) is 0 Å². The highest BCUT2D eigenvalue weighted by Gasteiger charge is 2.05. The molecule has 0 saturated carbocycles. The van der Waals surface area contributed by atoms with Gasteiger partial charge in [0.05, 0.1) is 14.2 Å². The first-order chi connectivity index (χ1) is 12.1. The maximum Gasteiger partial charge on any atom is 0.185 e. The van der Waals surface area contributed by atoms with Crippen LogP contribution in [0.4, 0.5) is 0 Å². The molecule has 0 bridgehead atoms. The Labute approximate surface area is 145 Å². The summed E-state index contributed by atoms with van der Waals surface area (Å²) in [7, 11) is 3.11. The molecule has 1 N–H and O–H groups in total. The van der Waals surface area contributed by atoms with Crippen molar-refractivity contribution in [3.05, 3.63) is 71.8 Å². The number of ether oxygens (including phenoxy) is 2. The molecule has 0 spiro atoms. The number of allylic oxidation sites excluding steroid dienone is 1. The van der Waals surface area contributed by atoms with Crippen molar-refractivity contribution >= 4 is 22.6 Å². The van der Waals surface area contributed by atoms with Gasteiger partial charge in [0.2, 0.25) is 0 Å². The summed E-state index contributed by atoms with van der Waals surface area (Å²) in [5.74, 6) is 1.13. The van der Waals surface area contributed by atoms with Crippen LogP contribution in [0, 0.1) is 0 Å². The molecule has 0 unspecified atom stereocenters. The molecule has 3 aromatic carbocycles. The topological polar surface area (TPSA) is 55.8 Å². The molecule has 0 aliphatic heterocycles. The molecule has 0 aliphatic rings. The number of fused-ring (bicyclic) bond motifs is 1. The van der Waals surface area contributed by atoms with E-state index in [1.165, 1.54) is 19.3 Å². The van der Waals surface area contributed by atoms with Gasteiger partial charge in [-0.1, -0.05) is 30.3 Å². The number of phenolic OH excluding ortho intramolecular Hbond substituents is 1. The number of phenols is 1. The maximum absolute atomic E-state index is 12.4. The summed E-state index contributed by atoms with van der Waals surface area (Å²) < 4.78 is 10.3. The third-order valence-electron chi connectivity index (χ3n) is 3.96. The average Bonchev–Trinajstić information content (AvgIpc) is 2.66. The van der Waals surface area contributed by atoms with E-state index in [1.807, 2.05) is 30.3 Å². The second-order valence-corrected chi connectivity index (χ2v) is 5.56. The van der Waals surface area contributed by atoms with Gasteiger partial charge in [0.1, 0.15) is 5.75 Å². The highest BCUT2D eigenvalue weighted by Crippen LogP contribution is 2.27. The second-order valence-electron chi connectivity index (χ2n) is 5.56. The molecule has 0 saturated heterocycles. The number of hydrogen-bond acceptors (Lipinski definition) is 4. The molecule has 126 valence electrons. The molecule has 3 rings (SSSR count). The Balaban J connectivity index is 1.84. The molecule has 4 nitrogen and oxygen atoms in total. The molecule has 0 heterocycles. The largest absolute Gasteiger partial charge is 0.504 e. The normalized spacial score (nSPS) is 11.0. The van der Waals surface area contributed by atoms with Crippen LogP contribution in [0.15, 0.2) is 60.7 Å². The van der Waals surface area contributed by atoms with Crippen LogP contribution in [0.5, 0.6) is 17.2 Å². The van der Waals surface area contributed by atoms with Gasteiger partial charge in [0.25, 0.3) is 0 Å². The van der Waals surface area contributed by atoms with Gasteiger partial charge in [-0.05, 0) is 52.7 Å². The first kappa shape index (κ1) is 16.6. The van der Waals surface area contributed by atoms with Crippen molar-refractivity contribution in [1.82, 2.24) is 0 Å². The fourth-order valence-electron chi connectivity index (χ4n) is 2.57. The highest BCUT2D eigenvalue weighted by molar-refractivity contribution is 6.08. The molecule has 0 fully saturated rings. The Bertz CT molecular complexity index is 957. The first-order valence-electron chi connectivity index (χ1n) is 7.78. The lowest BCUT2D eigenvalue weighted by Crippen LogP contribution is -1.94. The maximum atomic E-state index is 12.4. The van der Waals surface area contributed by atoms with E-state index in [-0.39, 0.29) is 11.5 Å². The molecule has 0 radical (unpaired) electrons. The molecular weight excluding hydrogens is 316 g/mol. The Hall–Kier alpha value is -3.27. The third kappa shape index (κ3) is 3.63. The van der Waals surface area contributed by atoms with E-state index in [9.17, 15) is 9.90 Å². The Morgan fingerprint density at radius 3 is 2.44 bits per heavy atom. The Kier molecular flexibility index (Phi) is 4.70. The van der Waals surface area contributed by atoms with Crippen LogP contribution in [-0.2, 0) is 0 Å². The molecule has 0 amide bonds. The van der Waals surface area contributed by atoms with E-state index in [0.29, 0.717) is 11.3 Å². The van der Waals surface area contributed by atoms with Crippen LogP contribution in [-0.4, -0.2) is 25.1 Å². The van der Waals surface area contributed by atoms with E-state index in [4.69, 9.17) is 9.47 Å². The average molecular weight is 334 g/mol. The van der Waals surface area contributed by atoms with E-state index < -0.39 is 0 Å². The fraction of sp³-hybridized carbons (Fsp3) is 0.0952. The Morgan fingerprint density at radius 1 is 0.920 bits per heavy atom.